The van der Waals surface area contributed by atoms with E-state index in [2.05, 4.69) is 0 Å². The minimum Gasteiger partial charge on any atom is -0.427 e. The number of rotatable bonds is 4. The van der Waals surface area contributed by atoms with Gasteiger partial charge in [-0.05, 0) is 41.5 Å². The van der Waals surface area contributed by atoms with E-state index < -0.39 is 47.0 Å². The van der Waals surface area contributed by atoms with Crippen molar-refractivity contribution in [1.29, 1.82) is 0 Å². The fraction of sp³-hybridized carbons (Fsp3) is 0.812. The third kappa shape index (κ3) is 3.26. The Morgan fingerprint density at radius 1 is 1.33 bits per heavy atom. The van der Waals surface area contributed by atoms with E-state index >= 15 is 0 Å². The highest BCUT2D eigenvalue weighted by Gasteiger charge is 2.65. The van der Waals surface area contributed by atoms with Gasteiger partial charge in [-0.15, -0.1) is 11.8 Å². The van der Waals surface area contributed by atoms with Crippen LogP contribution in [-0.2, 0) is 23.9 Å². The lowest BCUT2D eigenvalue weighted by Gasteiger charge is -2.45. The average molecular weight is 359 g/mol. The van der Waals surface area contributed by atoms with Gasteiger partial charge in [0, 0.05) is 4.75 Å². The number of hydrogen-bond acceptors (Lipinski definition) is 7. The number of aliphatic hydroxyl groups excluding tert-OH is 1. The summed E-state index contributed by atoms with van der Waals surface area (Å²) in [5.41, 5.74) is -0.683. The van der Waals surface area contributed by atoms with E-state index in [0.29, 0.717) is 0 Å². The summed E-state index contributed by atoms with van der Waals surface area (Å²) in [5.74, 6) is -1.82. The Morgan fingerprint density at radius 2 is 1.92 bits per heavy atom. The molecule has 0 unspecified atom stereocenters. The molecule has 0 aromatic rings. The van der Waals surface area contributed by atoms with Gasteiger partial charge in [0.15, 0.2) is 0 Å². The van der Waals surface area contributed by atoms with Crippen LogP contribution in [0.2, 0.25) is 0 Å². The highest BCUT2D eigenvalue weighted by Crippen LogP contribution is 2.54. The van der Waals surface area contributed by atoms with Crippen molar-refractivity contribution in [3.63, 3.8) is 0 Å². The normalized spacial score (nSPS) is 29.5. The summed E-state index contributed by atoms with van der Waals surface area (Å²) in [6.45, 7) is 9.92. The van der Waals surface area contributed by atoms with E-state index in [9.17, 15) is 19.5 Å². The van der Waals surface area contributed by atoms with Crippen molar-refractivity contribution in [3.05, 3.63) is 0 Å². The maximum absolute atomic E-state index is 12.4. The third-order valence-corrected chi connectivity index (χ3v) is 5.82. The summed E-state index contributed by atoms with van der Waals surface area (Å²) < 4.78 is 9.46. The predicted octanol–water partition coefficient (Wildman–Crippen LogP) is 1.14. The summed E-state index contributed by atoms with van der Waals surface area (Å²) in [4.78, 5) is 37.8. The maximum Gasteiger partial charge on any atom is 0.333 e. The van der Waals surface area contributed by atoms with Gasteiger partial charge < -0.3 is 19.5 Å². The molecule has 0 aromatic heterocycles. The minimum atomic E-state index is -0.761. The van der Waals surface area contributed by atoms with Gasteiger partial charge in [0.2, 0.25) is 12.7 Å². The van der Waals surface area contributed by atoms with Crippen molar-refractivity contribution in [2.24, 2.45) is 11.3 Å². The predicted molar refractivity (Wildman–Crippen MR) is 87.8 cm³/mol. The lowest BCUT2D eigenvalue weighted by atomic mass is 9.88. The third-order valence-electron chi connectivity index (χ3n) is 4.23. The molecule has 0 bridgehead atoms. The van der Waals surface area contributed by atoms with Gasteiger partial charge in [-0.25, -0.2) is 4.79 Å². The smallest absolute Gasteiger partial charge is 0.333 e. The second-order valence-corrected chi connectivity index (χ2v) is 9.56. The molecule has 24 heavy (non-hydrogen) atoms. The Bertz CT molecular complexity index is 553. The van der Waals surface area contributed by atoms with Crippen molar-refractivity contribution in [1.82, 2.24) is 4.90 Å². The van der Waals surface area contributed by atoms with Gasteiger partial charge >= 0.3 is 11.9 Å². The topological polar surface area (TPSA) is 93.1 Å². The Labute approximate surface area is 146 Å². The zero-order valence-corrected chi connectivity index (χ0v) is 15.7. The molecule has 2 fully saturated rings. The number of thioether (sulfide) groups is 1. The highest BCUT2D eigenvalue weighted by molar-refractivity contribution is 8.01. The number of β-lactam (4-membered cyclic amide) rings is 1. The molecule has 136 valence electrons. The van der Waals surface area contributed by atoms with Crippen molar-refractivity contribution in [2.45, 2.75) is 63.8 Å². The lowest BCUT2D eigenvalue weighted by molar-refractivity contribution is -0.183. The number of esters is 2. The molecule has 0 saturated carbocycles. The van der Waals surface area contributed by atoms with Gasteiger partial charge in [-0.1, -0.05) is 0 Å². The maximum atomic E-state index is 12.4. The number of carbonyl (C=O) groups excluding carboxylic acids is 3. The van der Waals surface area contributed by atoms with Crippen molar-refractivity contribution in [3.8, 4) is 0 Å². The van der Waals surface area contributed by atoms with Crippen molar-refractivity contribution >= 4 is 29.6 Å². The van der Waals surface area contributed by atoms with Gasteiger partial charge in [-0.2, -0.15) is 0 Å². The second kappa shape index (κ2) is 6.22. The van der Waals surface area contributed by atoms with E-state index in [-0.39, 0.29) is 11.3 Å². The van der Waals surface area contributed by atoms with Gasteiger partial charge in [0.1, 0.15) is 6.04 Å². The fourth-order valence-electron chi connectivity index (χ4n) is 2.90. The van der Waals surface area contributed by atoms with Crippen LogP contribution in [0.3, 0.4) is 0 Å². The standard InChI is InChI=1S/C16H25NO6S/c1-8(18)9-11(19)17-10(16(5,6)24-12(9)17)13(20)22-7-23-14(21)15(2,3)4/h8-10,12,18H,7H2,1-6H3/t8-,9-,10-,12+/m0/s1. The Morgan fingerprint density at radius 3 is 2.42 bits per heavy atom. The molecular formula is C16H25NO6S. The molecule has 2 aliphatic heterocycles. The molecule has 2 saturated heterocycles. The zero-order valence-electron chi connectivity index (χ0n) is 14.9. The average Bonchev–Trinajstić information content (AvgIpc) is 2.64. The van der Waals surface area contributed by atoms with Crippen molar-refractivity contribution < 1.29 is 29.0 Å². The van der Waals surface area contributed by atoms with Crippen LogP contribution in [0.4, 0.5) is 0 Å². The molecule has 2 heterocycles. The first-order valence-electron chi connectivity index (χ1n) is 7.90. The molecule has 0 spiro atoms. The molecule has 2 rings (SSSR count). The number of amides is 1. The molecule has 0 aromatic carbocycles. The van der Waals surface area contributed by atoms with E-state index in [4.69, 9.17) is 9.47 Å². The number of hydrogen-bond donors (Lipinski definition) is 1. The number of carbonyl (C=O) groups is 3. The monoisotopic (exact) mass is 359 g/mol. The summed E-state index contributed by atoms with van der Waals surface area (Å²) in [6.07, 6.45) is -0.760. The van der Waals surface area contributed by atoms with E-state index in [1.807, 2.05) is 13.8 Å². The summed E-state index contributed by atoms with van der Waals surface area (Å²) >= 11 is 1.47. The van der Waals surface area contributed by atoms with Crippen molar-refractivity contribution in [2.75, 3.05) is 6.79 Å². The molecular weight excluding hydrogens is 334 g/mol. The summed E-state index contributed by atoms with van der Waals surface area (Å²) in [6, 6.07) is -0.761. The quantitative estimate of drug-likeness (QED) is 0.457. The van der Waals surface area contributed by atoms with Gasteiger partial charge in [0.05, 0.1) is 22.8 Å². The lowest BCUT2D eigenvalue weighted by Crippen LogP contribution is -2.65. The molecule has 7 nitrogen and oxygen atoms in total. The van der Waals surface area contributed by atoms with Crippen LogP contribution in [-0.4, -0.2) is 56.9 Å². The van der Waals surface area contributed by atoms with Crippen LogP contribution >= 0.6 is 11.8 Å². The first-order chi connectivity index (χ1) is 10.9. The van der Waals surface area contributed by atoms with Crippen LogP contribution in [0.25, 0.3) is 0 Å². The van der Waals surface area contributed by atoms with Crippen LogP contribution in [0.1, 0.15) is 41.5 Å². The van der Waals surface area contributed by atoms with E-state index in [0.717, 1.165) is 0 Å². The molecule has 2 aliphatic rings. The van der Waals surface area contributed by atoms with E-state index in [1.54, 1.807) is 27.7 Å². The SMILES string of the molecule is C[C@H](O)[C@H]1C(=O)N2[C@@H]1SC(C)(C)[C@@H]2C(=O)OCOC(=O)C(C)(C)C. The molecule has 0 aliphatic carbocycles. The number of ether oxygens (including phenoxy) is 2. The Balaban J connectivity index is 1.99. The fourth-order valence-corrected chi connectivity index (χ4v) is 4.69. The molecule has 1 N–H and O–H groups in total. The van der Waals surface area contributed by atoms with Gasteiger partial charge in [0.25, 0.3) is 0 Å². The van der Waals surface area contributed by atoms with Gasteiger partial charge in [-0.3, -0.25) is 9.59 Å². The second-order valence-electron chi connectivity index (χ2n) is 7.79. The molecule has 4 atom stereocenters. The first-order valence-corrected chi connectivity index (χ1v) is 8.78. The highest BCUT2D eigenvalue weighted by atomic mass is 32.2. The van der Waals surface area contributed by atoms with E-state index in [1.165, 1.54) is 16.7 Å². The molecule has 0 radical (unpaired) electrons. The van der Waals surface area contributed by atoms with Crippen LogP contribution < -0.4 is 0 Å². The number of nitrogens with zero attached hydrogens (tertiary/aromatic N) is 1. The summed E-state index contributed by atoms with van der Waals surface area (Å²) in [7, 11) is 0. The number of aliphatic hydroxyl groups is 1. The number of fused-ring (bicyclic) bond motifs is 1. The van der Waals surface area contributed by atoms with Crippen LogP contribution in [0.15, 0.2) is 0 Å². The minimum absolute atomic E-state index is 0.234. The largest absolute Gasteiger partial charge is 0.427 e. The molecule has 1 amide bonds. The van der Waals surface area contributed by atoms with Crippen LogP contribution in [0.5, 0.6) is 0 Å². The molecule has 8 heteroatoms. The zero-order chi connectivity index (χ0) is 18.4. The Kier molecular flexibility index (Phi) is 4.94. The first kappa shape index (κ1) is 19.1. The Hall–Kier alpha value is -1.28. The van der Waals surface area contributed by atoms with Crippen LogP contribution in [0, 0.1) is 11.3 Å². The summed E-state index contributed by atoms with van der Waals surface area (Å²) in [5, 5.41) is 9.49.